The van der Waals surface area contributed by atoms with Crippen molar-refractivity contribution in [1.29, 1.82) is 0 Å². The number of imidazole rings is 1. The second-order valence-electron chi connectivity index (χ2n) is 5.34. The molecule has 0 bridgehead atoms. The lowest BCUT2D eigenvalue weighted by Gasteiger charge is -2.18. The van der Waals surface area contributed by atoms with Gasteiger partial charge in [-0.15, -0.1) is 0 Å². The van der Waals surface area contributed by atoms with E-state index >= 15 is 0 Å². The van der Waals surface area contributed by atoms with Crippen LogP contribution in [0.3, 0.4) is 0 Å². The van der Waals surface area contributed by atoms with Gasteiger partial charge in [0.05, 0.1) is 17.7 Å². The van der Waals surface area contributed by atoms with Crippen LogP contribution >= 0.6 is 0 Å². The van der Waals surface area contributed by atoms with Crippen LogP contribution in [0.15, 0.2) is 0 Å². The molecule has 0 amide bonds. The van der Waals surface area contributed by atoms with E-state index in [1.807, 2.05) is 14.0 Å². The Morgan fingerprint density at radius 2 is 2.37 bits per heavy atom. The standard InChI is InChI=1S/C14H22N2O3/c1-9(19-3)4-7-13-15-11-8-10(14(17)18)5-6-12(11)16(13)2/h9-10H,4-8H2,1-3H3,(H,17,18). The van der Waals surface area contributed by atoms with E-state index in [1.54, 1.807) is 7.11 Å². The molecular formula is C14H22N2O3. The Kier molecular flexibility index (Phi) is 4.24. The van der Waals surface area contributed by atoms with Crippen molar-refractivity contribution in [3.05, 3.63) is 17.2 Å². The summed E-state index contributed by atoms with van der Waals surface area (Å²) in [5.41, 5.74) is 2.18. The number of fused-ring (bicyclic) bond motifs is 1. The molecule has 2 unspecified atom stereocenters. The van der Waals surface area contributed by atoms with Crippen molar-refractivity contribution in [3.63, 3.8) is 0 Å². The Bertz CT molecular complexity index is 468. The lowest BCUT2D eigenvalue weighted by atomic mass is 9.90. The summed E-state index contributed by atoms with van der Waals surface area (Å²) in [7, 11) is 3.74. The van der Waals surface area contributed by atoms with Crippen LogP contribution in [0.5, 0.6) is 0 Å². The van der Waals surface area contributed by atoms with E-state index in [-0.39, 0.29) is 12.0 Å². The Labute approximate surface area is 113 Å². The molecule has 0 spiro atoms. The van der Waals surface area contributed by atoms with Crippen LogP contribution in [-0.2, 0) is 35.8 Å². The molecule has 0 saturated carbocycles. The molecule has 106 valence electrons. The molecule has 1 heterocycles. The second kappa shape index (κ2) is 5.74. The van der Waals surface area contributed by atoms with E-state index in [4.69, 9.17) is 9.84 Å². The van der Waals surface area contributed by atoms with Crippen LogP contribution in [0, 0.1) is 5.92 Å². The van der Waals surface area contributed by atoms with Gasteiger partial charge in [0.25, 0.3) is 0 Å². The number of ether oxygens (including phenoxy) is 1. The Morgan fingerprint density at radius 1 is 1.63 bits per heavy atom. The van der Waals surface area contributed by atoms with Gasteiger partial charge >= 0.3 is 5.97 Å². The summed E-state index contributed by atoms with van der Waals surface area (Å²) in [4.78, 5) is 15.7. The minimum absolute atomic E-state index is 0.223. The highest BCUT2D eigenvalue weighted by molar-refractivity contribution is 5.70. The molecule has 5 heteroatoms. The number of aromatic nitrogens is 2. The van der Waals surface area contributed by atoms with Crippen molar-refractivity contribution in [1.82, 2.24) is 9.55 Å². The van der Waals surface area contributed by atoms with Gasteiger partial charge in [0.1, 0.15) is 5.82 Å². The molecule has 1 aromatic heterocycles. The highest BCUT2D eigenvalue weighted by Gasteiger charge is 2.28. The zero-order chi connectivity index (χ0) is 14.0. The average Bonchev–Trinajstić information content (AvgIpc) is 2.72. The fraction of sp³-hybridized carbons (Fsp3) is 0.714. The van der Waals surface area contributed by atoms with Crippen molar-refractivity contribution in [3.8, 4) is 0 Å². The number of rotatable bonds is 5. The number of hydrogen-bond acceptors (Lipinski definition) is 3. The van der Waals surface area contributed by atoms with Gasteiger partial charge in [-0.3, -0.25) is 4.79 Å². The number of carboxylic acid groups (broad SMARTS) is 1. The first kappa shape index (κ1) is 14.1. The first-order valence-electron chi connectivity index (χ1n) is 6.81. The SMILES string of the molecule is COC(C)CCc1nc2c(n1C)CCC(C(=O)O)C2. The molecule has 0 radical (unpaired) electrons. The average molecular weight is 266 g/mol. The molecule has 1 N–H and O–H groups in total. The summed E-state index contributed by atoms with van der Waals surface area (Å²) in [5, 5.41) is 9.10. The van der Waals surface area contributed by atoms with Crippen molar-refractivity contribution in [2.75, 3.05) is 7.11 Å². The predicted molar refractivity (Wildman–Crippen MR) is 71.2 cm³/mol. The predicted octanol–water partition coefficient (Wildman–Crippen LogP) is 1.58. The van der Waals surface area contributed by atoms with Gasteiger partial charge in [-0.1, -0.05) is 0 Å². The normalized spacial score (nSPS) is 20.1. The van der Waals surface area contributed by atoms with Crippen LogP contribution in [-0.4, -0.2) is 33.8 Å². The third-order valence-electron chi connectivity index (χ3n) is 4.08. The first-order valence-corrected chi connectivity index (χ1v) is 6.81. The summed E-state index contributed by atoms with van der Waals surface area (Å²) in [6, 6.07) is 0. The van der Waals surface area contributed by atoms with Gasteiger partial charge in [-0.25, -0.2) is 4.98 Å². The van der Waals surface area contributed by atoms with Crippen LogP contribution in [0.25, 0.3) is 0 Å². The van der Waals surface area contributed by atoms with E-state index in [9.17, 15) is 4.79 Å². The summed E-state index contributed by atoms with van der Waals surface area (Å²) < 4.78 is 7.38. The maximum absolute atomic E-state index is 11.1. The maximum atomic E-state index is 11.1. The summed E-state index contributed by atoms with van der Waals surface area (Å²) in [5.74, 6) is 0.0685. The van der Waals surface area contributed by atoms with E-state index in [2.05, 4.69) is 9.55 Å². The third-order valence-corrected chi connectivity index (χ3v) is 4.08. The third kappa shape index (κ3) is 2.97. The second-order valence-corrected chi connectivity index (χ2v) is 5.34. The molecule has 5 nitrogen and oxygen atoms in total. The molecule has 0 fully saturated rings. The van der Waals surface area contributed by atoms with Crippen molar-refractivity contribution in [2.24, 2.45) is 13.0 Å². The number of carboxylic acids is 1. The lowest BCUT2D eigenvalue weighted by Crippen LogP contribution is -2.22. The fourth-order valence-electron chi connectivity index (χ4n) is 2.65. The van der Waals surface area contributed by atoms with Gasteiger partial charge in [-0.05, 0) is 26.2 Å². The minimum atomic E-state index is -0.703. The zero-order valence-corrected chi connectivity index (χ0v) is 11.8. The van der Waals surface area contributed by atoms with Gasteiger partial charge in [0.2, 0.25) is 0 Å². The highest BCUT2D eigenvalue weighted by Crippen LogP contribution is 2.26. The molecule has 0 saturated heterocycles. The monoisotopic (exact) mass is 266 g/mol. The number of methoxy groups -OCH3 is 1. The van der Waals surface area contributed by atoms with Crippen LogP contribution < -0.4 is 0 Å². The van der Waals surface area contributed by atoms with Crippen LogP contribution in [0.1, 0.15) is 37.0 Å². The van der Waals surface area contributed by atoms with Crippen LogP contribution in [0.4, 0.5) is 0 Å². The van der Waals surface area contributed by atoms with Gasteiger partial charge in [0.15, 0.2) is 0 Å². The molecule has 2 rings (SSSR count). The summed E-state index contributed by atoms with van der Waals surface area (Å²) in [6.07, 6.45) is 4.13. The topological polar surface area (TPSA) is 64.4 Å². The quantitative estimate of drug-likeness (QED) is 0.878. The number of aliphatic carboxylic acids is 1. The molecule has 2 atom stereocenters. The van der Waals surface area contributed by atoms with Crippen LogP contribution in [0.2, 0.25) is 0 Å². The van der Waals surface area contributed by atoms with Crippen molar-refractivity contribution in [2.45, 2.75) is 45.1 Å². The molecule has 19 heavy (non-hydrogen) atoms. The van der Waals surface area contributed by atoms with Crippen molar-refractivity contribution >= 4 is 5.97 Å². The first-order chi connectivity index (χ1) is 9.02. The molecular weight excluding hydrogens is 244 g/mol. The number of nitrogens with zero attached hydrogens (tertiary/aromatic N) is 2. The van der Waals surface area contributed by atoms with E-state index < -0.39 is 5.97 Å². The van der Waals surface area contributed by atoms with Crippen molar-refractivity contribution < 1.29 is 14.6 Å². The number of aryl methyl sites for hydroxylation is 1. The van der Waals surface area contributed by atoms with Gasteiger partial charge < -0.3 is 14.4 Å². The van der Waals surface area contributed by atoms with E-state index in [0.29, 0.717) is 6.42 Å². The molecule has 0 aromatic carbocycles. The fourth-order valence-corrected chi connectivity index (χ4v) is 2.65. The number of carbonyl (C=O) groups is 1. The Hall–Kier alpha value is -1.36. The smallest absolute Gasteiger partial charge is 0.306 e. The molecule has 1 aliphatic carbocycles. The molecule has 1 aliphatic rings. The summed E-state index contributed by atoms with van der Waals surface area (Å²) in [6.45, 7) is 2.04. The van der Waals surface area contributed by atoms with E-state index in [1.165, 1.54) is 5.69 Å². The van der Waals surface area contributed by atoms with E-state index in [0.717, 1.165) is 37.2 Å². The molecule has 1 aromatic rings. The largest absolute Gasteiger partial charge is 0.481 e. The number of hydrogen-bond donors (Lipinski definition) is 1. The minimum Gasteiger partial charge on any atom is -0.481 e. The lowest BCUT2D eigenvalue weighted by molar-refractivity contribution is -0.142. The maximum Gasteiger partial charge on any atom is 0.306 e. The van der Waals surface area contributed by atoms with Gasteiger partial charge in [0, 0.05) is 32.7 Å². The highest BCUT2D eigenvalue weighted by atomic mass is 16.5. The summed E-state index contributed by atoms with van der Waals surface area (Å²) >= 11 is 0. The Morgan fingerprint density at radius 3 is 3.00 bits per heavy atom. The van der Waals surface area contributed by atoms with Gasteiger partial charge in [-0.2, -0.15) is 0 Å². The Balaban J connectivity index is 2.10. The zero-order valence-electron chi connectivity index (χ0n) is 11.8. The molecule has 0 aliphatic heterocycles.